The zero-order valence-corrected chi connectivity index (χ0v) is 35.4. The van der Waals surface area contributed by atoms with E-state index < -0.39 is 0 Å². The van der Waals surface area contributed by atoms with Gasteiger partial charge in [0.15, 0.2) is 0 Å². The standard InChI is InChI=1S/C58H50N2/c1-57(2,3)39-25-29-43(30-26-39)59(41-17-9-7-10-18-41)45-33-35-51-53(37-45)47-21-13-15-23-49(47)56-52-36-34-46(38-54(52)48-22-14-16-24-50(48)55(51)56)60(42-19-11-8-12-20-42)44-31-27-40(28-32-44)58(4,5)6/h7-38H,1-6H3. The van der Waals surface area contributed by atoms with E-state index in [1.54, 1.807) is 0 Å². The highest BCUT2D eigenvalue weighted by atomic mass is 15.1. The number of hydrogen-bond donors (Lipinski definition) is 0. The van der Waals surface area contributed by atoms with Crippen LogP contribution in [-0.2, 0) is 10.8 Å². The summed E-state index contributed by atoms with van der Waals surface area (Å²) in [5, 5.41) is 12.6. The largest absolute Gasteiger partial charge is 0.310 e. The van der Waals surface area contributed by atoms with Crippen LogP contribution < -0.4 is 9.80 Å². The zero-order valence-electron chi connectivity index (χ0n) is 35.4. The van der Waals surface area contributed by atoms with E-state index in [9.17, 15) is 0 Å². The molecule has 0 amide bonds. The Morgan fingerprint density at radius 3 is 0.883 bits per heavy atom. The molecule has 0 bridgehead atoms. The molecule has 0 saturated heterocycles. The van der Waals surface area contributed by atoms with Gasteiger partial charge in [-0.15, -0.1) is 0 Å². The van der Waals surface area contributed by atoms with Crippen molar-refractivity contribution in [3.63, 3.8) is 0 Å². The number of fused-ring (bicyclic) bond motifs is 11. The molecule has 0 aromatic heterocycles. The van der Waals surface area contributed by atoms with Crippen molar-refractivity contribution < 1.29 is 0 Å². The van der Waals surface area contributed by atoms with Crippen LogP contribution >= 0.6 is 0 Å². The molecule has 0 atom stereocenters. The van der Waals surface area contributed by atoms with Crippen molar-refractivity contribution in [3.05, 3.63) is 205 Å². The average Bonchev–Trinajstić information content (AvgIpc) is 3.27. The lowest BCUT2D eigenvalue weighted by Crippen LogP contribution is -2.13. The summed E-state index contributed by atoms with van der Waals surface area (Å²) in [4.78, 5) is 4.78. The maximum Gasteiger partial charge on any atom is 0.0468 e. The summed E-state index contributed by atoms with van der Waals surface area (Å²) in [5.41, 5.74) is 9.61. The molecule has 0 spiro atoms. The van der Waals surface area contributed by atoms with Crippen molar-refractivity contribution >= 4 is 88.0 Å². The van der Waals surface area contributed by atoms with Crippen LogP contribution in [-0.4, -0.2) is 0 Å². The summed E-state index contributed by atoms with van der Waals surface area (Å²) in [6.07, 6.45) is 0. The molecule has 292 valence electrons. The van der Waals surface area contributed by atoms with Gasteiger partial charge in [-0.05, 0) is 149 Å². The van der Waals surface area contributed by atoms with Crippen molar-refractivity contribution in [1.29, 1.82) is 0 Å². The van der Waals surface area contributed by atoms with Crippen LogP contribution in [0, 0.1) is 0 Å². The fourth-order valence-electron chi connectivity index (χ4n) is 9.19. The molecule has 0 fully saturated rings. The maximum atomic E-state index is 2.41. The molecule has 0 aliphatic carbocycles. The van der Waals surface area contributed by atoms with Gasteiger partial charge in [-0.25, -0.2) is 0 Å². The molecule has 0 aliphatic rings. The molecule has 10 aromatic carbocycles. The Kier molecular flexibility index (Phi) is 8.99. The highest BCUT2D eigenvalue weighted by Gasteiger charge is 2.22. The van der Waals surface area contributed by atoms with Crippen molar-refractivity contribution in [1.82, 2.24) is 0 Å². The van der Waals surface area contributed by atoms with Crippen LogP contribution in [0.15, 0.2) is 194 Å². The van der Waals surface area contributed by atoms with Crippen molar-refractivity contribution in [2.45, 2.75) is 52.4 Å². The monoisotopic (exact) mass is 774 g/mol. The topological polar surface area (TPSA) is 6.48 Å². The first-order valence-electron chi connectivity index (χ1n) is 21.2. The van der Waals surface area contributed by atoms with Gasteiger partial charge in [0, 0.05) is 34.1 Å². The predicted octanol–water partition coefficient (Wildman–Crippen LogP) is 17.0. The van der Waals surface area contributed by atoms with Crippen LogP contribution in [0.1, 0.15) is 52.7 Å². The smallest absolute Gasteiger partial charge is 0.0468 e. The Morgan fingerprint density at radius 2 is 0.533 bits per heavy atom. The third-order valence-corrected chi connectivity index (χ3v) is 12.3. The number of anilines is 6. The van der Waals surface area contributed by atoms with Crippen LogP contribution in [0.5, 0.6) is 0 Å². The Labute approximate surface area is 354 Å². The Bertz CT molecular complexity index is 2970. The molecule has 10 aromatic rings. The van der Waals surface area contributed by atoms with Gasteiger partial charge in [-0.3, -0.25) is 0 Å². The molecule has 0 radical (unpaired) electrons. The van der Waals surface area contributed by atoms with Crippen LogP contribution in [0.25, 0.3) is 53.9 Å². The normalized spacial score (nSPS) is 12.2. The lowest BCUT2D eigenvalue weighted by Gasteiger charge is -2.28. The molecule has 10 rings (SSSR count). The fraction of sp³-hybridized carbons (Fsp3) is 0.138. The van der Waals surface area contributed by atoms with Gasteiger partial charge < -0.3 is 9.80 Å². The minimum Gasteiger partial charge on any atom is -0.310 e. The minimum absolute atomic E-state index is 0.0766. The maximum absolute atomic E-state index is 2.41. The van der Waals surface area contributed by atoms with E-state index in [1.165, 1.54) is 65.0 Å². The first kappa shape index (κ1) is 37.4. The summed E-state index contributed by atoms with van der Waals surface area (Å²) in [6, 6.07) is 71.8. The highest BCUT2D eigenvalue weighted by molar-refractivity contribution is 6.39. The van der Waals surface area contributed by atoms with E-state index in [0.717, 1.165) is 34.1 Å². The fourth-order valence-corrected chi connectivity index (χ4v) is 9.19. The van der Waals surface area contributed by atoms with Gasteiger partial charge in [0.2, 0.25) is 0 Å². The lowest BCUT2D eigenvalue weighted by atomic mass is 9.86. The van der Waals surface area contributed by atoms with Crippen LogP contribution in [0.4, 0.5) is 34.1 Å². The number of rotatable bonds is 6. The van der Waals surface area contributed by atoms with Gasteiger partial charge in [0.05, 0.1) is 0 Å². The SMILES string of the molecule is CC(C)(C)c1ccc(N(c2ccccc2)c2ccc3c(c2)c2ccccc2c2c4ccc(N(c5ccccc5)c5ccc(C(C)(C)C)cc5)cc4c4ccccc4c32)cc1. The second-order valence-corrected chi connectivity index (χ2v) is 18.2. The van der Waals surface area contributed by atoms with Gasteiger partial charge in [0.25, 0.3) is 0 Å². The molecule has 2 nitrogen and oxygen atoms in total. The number of benzene rings is 10. The van der Waals surface area contributed by atoms with E-state index in [1.807, 2.05) is 0 Å². The Hall–Kier alpha value is -6.90. The highest BCUT2D eigenvalue weighted by Crippen LogP contribution is 2.47. The molecule has 60 heavy (non-hydrogen) atoms. The number of hydrogen-bond acceptors (Lipinski definition) is 2. The molecule has 0 aliphatic heterocycles. The third-order valence-electron chi connectivity index (χ3n) is 12.3. The van der Waals surface area contributed by atoms with Gasteiger partial charge >= 0.3 is 0 Å². The number of para-hydroxylation sites is 2. The van der Waals surface area contributed by atoms with Gasteiger partial charge in [0.1, 0.15) is 0 Å². The molecule has 0 unspecified atom stereocenters. The summed E-state index contributed by atoms with van der Waals surface area (Å²) in [6.45, 7) is 13.6. The summed E-state index contributed by atoms with van der Waals surface area (Å²) < 4.78 is 0. The molecule has 0 saturated carbocycles. The molecular formula is C58H50N2. The molecule has 0 heterocycles. The van der Waals surface area contributed by atoms with Crippen molar-refractivity contribution in [2.24, 2.45) is 0 Å². The molecule has 0 N–H and O–H groups in total. The first-order chi connectivity index (χ1) is 29.0. The lowest BCUT2D eigenvalue weighted by molar-refractivity contribution is 0.590. The van der Waals surface area contributed by atoms with E-state index in [0.29, 0.717) is 0 Å². The van der Waals surface area contributed by atoms with Crippen LogP contribution in [0.2, 0.25) is 0 Å². The summed E-state index contributed by atoms with van der Waals surface area (Å²) in [7, 11) is 0. The number of nitrogens with zero attached hydrogens (tertiary/aromatic N) is 2. The third kappa shape index (κ3) is 6.44. The molecule has 2 heteroatoms. The van der Waals surface area contributed by atoms with E-state index in [4.69, 9.17) is 0 Å². The Balaban J connectivity index is 1.22. The predicted molar refractivity (Wildman–Crippen MR) is 261 cm³/mol. The average molecular weight is 775 g/mol. The first-order valence-corrected chi connectivity index (χ1v) is 21.2. The van der Waals surface area contributed by atoms with E-state index in [2.05, 4.69) is 245 Å². The summed E-state index contributed by atoms with van der Waals surface area (Å²) in [5.74, 6) is 0. The summed E-state index contributed by atoms with van der Waals surface area (Å²) >= 11 is 0. The molecular weight excluding hydrogens is 725 g/mol. The van der Waals surface area contributed by atoms with E-state index in [-0.39, 0.29) is 10.8 Å². The van der Waals surface area contributed by atoms with E-state index >= 15 is 0 Å². The van der Waals surface area contributed by atoms with Crippen molar-refractivity contribution in [3.8, 4) is 0 Å². The Morgan fingerprint density at radius 1 is 0.250 bits per heavy atom. The quantitative estimate of drug-likeness (QED) is 0.155. The zero-order chi connectivity index (χ0) is 41.2. The van der Waals surface area contributed by atoms with Crippen LogP contribution in [0.3, 0.4) is 0 Å². The van der Waals surface area contributed by atoms with Gasteiger partial charge in [-0.1, -0.05) is 163 Å². The van der Waals surface area contributed by atoms with Crippen molar-refractivity contribution in [2.75, 3.05) is 9.80 Å². The second kappa shape index (κ2) is 14.4. The van der Waals surface area contributed by atoms with Gasteiger partial charge in [-0.2, -0.15) is 0 Å². The second-order valence-electron chi connectivity index (χ2n) is 18.2. The minimum atomic E-state index is 0.0766.